The lowest BCUT2D eigenvalue weighted by Crippen LogP contribution is -2.66. The Labute approximate surface area is 417 Å². The molecule has 0 aliphatic carbocycles. The Morgan fingerprint density at radius 3 is 1.29 bits per heavy atom. The molecule has 0 unspecified atom stereocenters. The summed E-state index contributed by atoms with van der Waals surface area (Å²) in [6, 6.07) is 43.3. The van der Waals surface area contributed by atoms with Gasteiger partial charge in [-0.25, -0.2) is 0 Å². The van der Waals surface area contributed by atoms with Crippen molar-refractivity contribution in [2.24, 2.45) is 11.1 Å². The molecule has 0 spiro atoms. The maximum absolute atomic E-state index is 12.7. The third-order valence-electron chi connectivity index (χ3n) is 11.7. The Morgan fingerprint density at radius 2 is 0.971 bits per heavy atom. The van der Waals surface area contributed by atoms with Crippen molar-refractivity contribution < 1.29 is 42.8 Å². The summed E-state index contributed by atoms with van der Waals surface area (Å²) in [6.07, 6.45) is 1.15. The fourth-order valence-electron chi connectivity index (χ4n) is 8.74. The van der Waals surface area contributed by atoms with E-state index in [1.165, 1.54) is 20.7 Å². The highest BCUT2D eigenvalue weighted by Gasteiger charge is 2.51. The molecule has 4 aromatic carbocycles. The molecule has 2 atom stereocenters. The number of aromatic nitrogens is 1. The molecular weight excluding hydrogens is 924 g/mol. The summed E-state index contributed by atoms with van der Waals surface area (Å²) in [4.78, 5) is 25.1. The molecule has 0 aliphatic heterocycles. The van der Waals surface area contributed by atoms with E-state index in [4.69, 9.17) is 34.4 Å². The van der Waals surface area contributed by atoms with Gasteiger partial charge in [0.1, 0.15) is 23.0 Å². The Kier molecular flexibility index (Phi) is 20.4. The minimum atomic E-state index is -2.70. The number of esters is 2. The third-order valence-corrected chi connectivity index (χ3v) is 22.1. The standard InChI is InChI=1S/C29H39NO5Si.C26H36ClNO4Si/c1-28(2,3)34-27(32)19-22(26-20-23(21-31)35-30-26)17-18-33-36(29(4,5)6,24-13-9-7-10-14-24)25-15-11-8-12-16-25;1-25(2,3)32-23(29)19-20(24(27)28-30)17-18-31-33(26(4,5)6,21-13-9-7-10-14-21)22-15-11-8-12-16-22/h7-16,20,22,31H,17-19,21H2,1-6H3;7-16,20,30H,17-19H2,1-6H3/b;28-24-/t22-;20-/m11/s1. The highest BCUT2D eigenvalue weighted by molar-refractivity contribution is 7.00. The first kappa shape index (κ1) is 56.7. The fourth-order valence-corrected chi connectivity index (χ4v) is 18.1. The van der Waals surface area contributed by atoms with E-state index in [1.54, 1.807) is 6.07 Å². The zero-order chi connectivity index (χ0) is 51.1. The number of rotatable bonds is 19. The van der Waals surface area contributed by atoms with Crippen molar-refractivity contribution in [3.8, 4) is 0 Å². The van der Waals surface area contributed by atoms with Crippen LogP contribution in [0.3, 0.4) is 0 Å². The lowest BCUT2D eigenvalue weighted by Gasteiger charge is -2.43. The van der Waals surface area contributed by atoms with Gasteiger partial charge in [0, 0.05) is 31.1 Å². The molecule has 69 heavy (non-hydrogen) atoms. The van der Waals surface area contributed by atoms with Crippen LogP contribution < -0.4 is 20.7 Å². The minimum absolute atomic E-state index is 0.0181. The number of halogens is 1. The van der Waals surface area contributed by atoms with Crippen LogP contribution in [0.1, 0.15) is 126 Å². The second-order valence-electron chi connectivity index (χ2n) is 21.4. The van der Waals surface area contributed by atoms with Crippen LogP contribution in [0.2, 0.25) is 10.1 Å². The summed E-state index contributed by atoms with van der Waals surface area (Å²) < 4.78 is 30.1. The predicted molar refractivity (Wildman–Crippen MR) is 281 cm³/mol. The van der Waals surface area contributed by atoms with Gasteiger partial charge in [0.05, 0.1) is 18.5 Å². The smallest absolute Gasteiger partial charge is 0.307 e. The SMILES string of the molecule is CC(C)(C)OC(=O)C[C@@H](CCO[Si](c1ccccc1)(c1ccccc1)C(C)(C)C)/C(Cl)=N/O.CC(C)(C)OC(=O)C[C@@H](CCO[Si](c1ccccc1)(c1ccccc1)C(C)(C)C)c1cc(CO)on1. The fraction of sp³-hybridized carbons (Fsp3) is 0.455. The molecule has 0 fully saturated rings. The number of nitrogens with zero attached hydrogens (tertiary/aromatic N) is 2. The molecule has 11 nitrogen and oxygen atoms in total. The summed E-state index contributed by atoms with van der Waals surface area (Å²) >= 11 is 6.17. The van der Waals surface area contributed by atoms with Gasteiger partial charge in [-0.3, -0.25) is 9.59 Å². The molecule has 0 radical (unpaired) electrons. The molecule has 0 saturated heterocycles. The first-order valence-electron chi connectivity index (χ1n) is 23.7. The van der Waals surface area contributed by atoms with E-state index in [-0.39, 0.29) is 52.6 Å². The van der Waals surface area contributed by atoms with Crippen LogP contribution in [0.15, 0.2) is 137 Å². The topological polar surface area (TPSA) is 150 Å². The lowest BCUT2D eigenvalue weighted by molar-refractivity contribution is -0.156. The number of oxime groups is 1. The molecular formula is C55H75ClN2O9Si2. The second-order valence-corrected chi connectivity index (χ2v) is 30.4. The number of aliphatic hydroxyl groups excluding tert-OH is 1. The Balaban J connectivity index is 0.000000302. The van der Waals surface area contributed by atoms with Gasteiger partial charge in [0.2, 0.25) is 0 Å². The van der Waals surface area contributed by atoms with Crippen molar-refractivity contribution in [1.29, 1.82) is 0 Å². The second kappa shape index (κ2) is 24.8. The first-order chi connectivity index (χ1) is 32.4. The molecule has 2 N–H and O–H groups in total. The summed E-state index contributed by atoms with van der Waals surface area (Å²) in [5.41, 5.74) is -0.556. The summed E-state index contributed by atoms with van der Waals surface area (Å²) in [5.74, 6) is -1.08. The van der Waals surface area contributed by atoms with Crippen LogP contribution in [0.4, 0.5) is 0 Å². The Bertz CT molecular complexity index is 2280. The Morgan fingerprint density at radius 1 is 0.609 bits per heavy atom. The van der Waals surface area contributed by atoms with Crippen LogP contribution >= 0.6 is 11.6 Å². The van der Waals surface area contributed by atoms with Gasteiger partial charge in [-0.15, -0.1) is 0 Å². The van der Waals surface area contributed by atoms with Gasteiger partial charge in [-0.1, -0.05) is 185 Å². The summed E-state index contributed by atoms with van der Waals surface area (Å²) in [7, 11) is -5.40. The van der Waals surface area contributed by atoms with Gasteiger partial charge in [0.25, 0.3) is 16.6 Å². The van der Waals surface area contributed by atoms with Crippen molar-refractivity contribution in [3.63, 3.8) is 0 Å². The van der Waals surface area contributed by atoms with E-state index >= 15 is 0 Å². The van der Waals surface area contributed by atoms with Crippen molar-refractivity contribution in [3.05, 3.63) is 139 Å². The monoisotopic (exact) mass is 998 g/mol. The minimum Gasteiger partial charge on any atom is -0.460 e. The van der Waals surface area contributed by atoms with E-state index < -0.39 is 33.8 Å². The highest BCUT2D eigenvalue weighted by Crippen LogP contribution is 2.39. The molecule has 5 aromatic rings. The number of benzene rings is 4. The predicted octanol–water partition coefficient (Wildman–Crippen LogP) is 10.3. The first-order valence-corrected chi connectivity index (χ1v) is 27.9. The molecule has 0 aliphatic rings. The number of carbonyl (C=O) groups excluding carboxylic acids is 2. The Hall–Kier alpha value is -4.90. The number of aliphatic hydroxyl groups is 1. The van der Waals surface area contributed by atoms with Crippen LogP contribution in [-0.4, -0.2) is 73.6 Å². The van der Waals surface area contributed by atoms with Crippen molar-refractivity contribution in [2.75, 3.05) is 13.2 Å². The quantitative estimate of drug-likeness (QED) is 0.0269. The molecule has 0 saturated carbocycles. The normalized spacial score (nSPS) is 13.7. The maximum Gasteiger partial charge on any atom is 0.307 e. The van der Waals surface area contributed by atoms with Gasteiger partial charge in [0.15, 0.2) is 5.76 Å². The number of carbonyl (C=O) groups is 2. The van der Waals surface area contributed by atoms with E-state index in [1.807, 2.05) is 90.1 Å². The van der Waals surface area contributed by atoms with Gasteiger partial charge < -0.3 is 33.2 Å². The third kappa shape index (κ3) is 15.8. The average molecular weight is 1000 g/mol. The molecule has 14 heteroatoms. The van der Waals surface area contributed by atoms with Gasteiger partial charge >= 0.3 is 11.9 Å². The lowest BCUT2D eigenvalue weighted by atomic mass is 9.97. The van der Waals surface area contributed by atoms with Crippen molar-refractivity contribution in [1.82, 2.24) is 5.16 Å². The van der Waals surface area contributed by atoms with Crippen LogP contribution in [0.25, 0.3) is 0 Å². The van der Waals surface area contributed by atoms with E-state index in [0.29, 0.717) is 37.5 Å². The summed E-state index contributed by atoms with van der Waals surface area (Å²) in [6.45, 7) is 24.9. The van der Waals surface area contributed by atoms with E-state index in [9.17, 15) is 19.9 Å². The summed E-state index contributed by atoms with van der Waals surface area (Å²) in [5, 5.41) is 30.4. The number of hydrogen-bond donors (Lipinski definition) is 2. The van der Waals surface area contributed by atoms with E-state index in [2.05, 4.69) is 125 Å². The average Bonchev–Trinajstić information content (AvgIpc) is 3.77. The van der Waals surface area contributed by atoms with E-state index in [0.717, 1.165) is 0 Å². The van der Waals surface area contributed by atoms with Crippen molar-refractivity contribution >= 4 is 66.1 Å². The zero-order valence-electron chi connectivity index (χ0n) is 42.8. The highest BCUT2D eigenvalue weighted by atomic mass is 35.5. The molecule has 5 rings (SSSR count). The number of hydrogen-bond acceptors (Lipinski definition) is 11. The molecule has 0 bridgehead atoms. The van der Waals surface area contributed by atoms with Gasteiger partial charge in [-0.2, -0.15) is 0 Å². The maximum atomic E-state index is 12.7. The van der Waals surface area contributed by atoms with Crippen LogP contribution in [0.5, 0.6) is 0 Å². The molecule has 1 aromatic heterocycles. The number of ether oxygens (including phenoxy) is 2. The van der Waals surface area contributed by atoms with Crippen molar-refractivity contribution in [2.45, 2.75) is 143 Å². The van der Waals surface area contributed by atoms with Crippen LogP contribution in [0, 0.1) is 5.92 Å². The van der Waals surface area contributed by atoms with Crippen LogP contribution in [-0.2, 0) is 34.5 Å². The largest absolute Gasteiger partial charge is 0.460 e. The molecule has 1 heterocycles. The zero-order valence-corrected chi connectivity index (χ0v) is 45.5. The molecule has 374 valence electrons. The van der Waals surface area contributed by atoms with Gasteiger partial charge in [-0.05, 0) is 85.2 Å². The molecule has 0 amide bonds.